The average Bonchev–Trinajstić information content (AvgIpc) is 2.98. The molecule has 3 aromatic carbocycles. The van der Waals surface area contributed by atoms with Crippen molar-refractivity contribution in [3.63, 3.8) is 0 Å². The molecule has 6 heteroatoms. The standard InChI is InChI=1S/C25H20F2N2O2/c1-15-8-9-18(12-16(15)2)22-23(28-19-10-11-20(26)21(27)13-19)25(31)29(24(22)30)14-17-6-4-3-5-7-17/h3-13,28H,14H2,1-2H3. The molecule has 4 rings (SSSR count). The lowest BCUT2D eigenvalue weighted by atomic mass is 9.99. The van der Waals surface area contributed by atoms with Crippen LogP contribution in [-0.4, -0.2) is 16.7 Å². The Morgan fingerprint density at radius 1 is 0.806 bits per heavy atom. The number of carbonyl (C=O) groups is 2. The van der Waals surface area contributed by atoms with Gasteiger partial charge in [-0.2, -0.15) is 0 Å². The predicted molar refractivity (Wildman–Crippen MR) is 115 cm³/mol. The summed E-state index contributed by atoms with van der Waals surface area (Å²) in [5.74, 6) is -3.00. The Bertz CT molecular complexity index is 1220. The van der Waals surface area contributed by atoms with Crippen LogP contribution in [0.25, 0.3) is 5.57 Å². The van der Waals surface area contributed by atoms with Crippen LogP contribution in [0.1, 0.15) is 22.3 Å². The van der Waals surface area contributed by atoms with E-state index in [4.69, 9.17) is 0 Å². The van der Waals surface area contributed by atoms with Crippen molar-refractivity contribution in [1.29, 1.82) is 0 Å². The number of hydrogen-bond acceptors (Lipinski definition) is 3. The fourth-order valence-corrected chi connectivity index (χ4v) is 3.48. The number of aryl methyl sites for hydroxylation is 2. The van der Waals surface area contributed by atoms with Crippen LogP contribution >= 0.6 is 0 Å². The van der Waals surface area contributed by atoms with Crippen LogP contribution in [0.2, 0.25) is 0 Å². The molecule has 0 aliphatic carbocycles. The number of imide groups is 1. The molecule has 1 N–H and O–H groups in total. The third kappa shape index (κ3) is 3.97. The van der Waals surface area contributed by atoms with Crippen molar-refractivity contribution < 1.29 is 18.4 Å². The summed E-state index contributed by atoms with van der Waals surface area (Å²) in [4.78, 5) is 27.7. The van der Waals surface area contributed by atoms with E-state index in [1.807, 2.05) is 56.3 Å². The summed E-state index contributed by atoms with van der Waals surface area (Å²) < 4.78 is 27.1. The van der Waals surface area contributed by atoms with Gasteiger partial charge in [0.05, 0.1) is 12.1 Å². The first kappa shape index (κ1) is 20.5. The van der Waals surface area contributed by atoms with E-state index in [0.29, 0.717) is 5.56 Å². The van der Waals surface area contributed by atoms with E-state index < -0.39 is 23.4 Å². The van der Waals surface area contributed by atoms with Crippen LogP contribution in [0.15, 0.2) is 72.4 Å². The number of hydrogen-bond donors (Lipinski definition) is 1. The largest absolute Gasteiger partial charge is 0.350 e. The number of anilines is 1. The van der Waals surface area contributed by atoms with Crippen molar-refractivity contribution in [2.24, 2.45) is 0 Å². The first-order chi connectivity index (χ1) is 14.8. The van der Waals surface area contributed by atoms with E-state index in [1.54, 1.807) is 6.07 Å². The molecule has 1 aliphatic heterocycles. The molecule has 0 atom stereocenters. The van der Waals surface area contributed by atoms with Crippen LogP contribution in [0, 0.1) is 25.5 Å². The van der Waals surface area contributed by atoms with Gasteiger partial charge in [0, 0.05) is 11.8 Å². The second kappa shape index (κ2) is 8.14. The van der Waals surface area contributed by atoms with Gasteiger partial charge in [0.1, 0.15) is 5.70 Å². The van der Waals surface area contributed by atoms with Crippen molar-refractivity contribution in [3.05, 3.63) is 106 Å². The number of halogens is 2. The van der Waals surface area contributed by atoms with Gasteiger partial charge < -0.3 is 5.32 Å². The summed E-state index contributed by atoms with van der Waals surface area (Å²) in [7, 11) is 0. The van der Waals surface area contributed by atoms with Gasteiger partial charge in [0.2, 0.25) is 0 Å². The first-order valence-electron chi connectivity index (χ1n) is 9.79. The fraction of sp³-hybridized carbons (Fsp3) is 0.120. The molecule has 0 saturated heterocycles. The van der Waals surface area contributed by atoms with Gasteiger partial charge in [-0.15, -0.1) is 0 Å². The molecular formula is C25H20F2N2O2. The van der Waals surface area contributed by atoms with Crippen LogP contribution in [0.5, 0.6) is 0 Å². The third-order valence-corrected chi connectivity index (χ3v) is 5.34. The number of nitrogens with zero attached hydrogens (tertiary/aromatic N) is 1. The topological polar surface area (TPSA) is 49.4 Å². The molecule has 0 radical (unpaired) electrons. The van der Waals surface area contributed by atoms with Crippen molar-refractivity contribution in [1.82, 2.24) is 4.90 Å². The Labute approximate surface area is 178 Å². The summed E-state index contributed by atoms with van der Waals surface area (Å²) >= 11 is 0. The molecule has 0 aromatic heterocycles. The molecule has 0 saturated carbocycles. The summed E-state index contributed by atoms with van der Waals surface area (Å²) in [6, 6.07) is 17.9. The van der Waals surface area contributed by atoms with E-state index in [0.717, 1.165) is 33.7 Å². The lowest BCUT2D eigenvalue weighted by Crippen LogP contribution is -2.32. The minimum absolute atomic E-state index is 0.0372. The highest BCUT2D eigenvalue weighted by molar-refractivity contribution is 6.36. The summed E-state index contributed by atoms with van der Waals surface area (Å²) in [5.41, 5.74) is 3.83. The molecule has 0 spiro atoms. The third-order valence-electron chi connectivity index (χ3n) is 5.34. The Balaban J connectivity index is 1.78. The van der Waals surface area contributed by atoms with Crippen LogP contribution in [0.4, 0.5) is 14.5 Å². The summed E-state index contributed by atoms with van der Waals surface area (Å²) in [5, 5.41) is 2.85. The molecule has 4 nitrogen and oxygen atoms in total. The number of rotatable bonds is 5. The van der Waals surface area contributed by atoms with Crippen molar-refractivity contribution in [2.45, 2.75) is 20.4 Å². The van der Waals surface area contributed by atoms with E-state index in [2.05, 4.69) is 5.32 Å². The maximum absolute atomic E-state index is 13.7. The van der Waals surface area contributed by atoms with Gasteiger partial charge >= 0.3 is 0 Å². The SMILES string of the molecule is Cc1ccc(C2=C(Nc3ccc(F)c(F)c3)C(=O)N(Cc3ccccc3)C2=O)cc1C. The van der Waals surface area contributed by atoms with Crippen LogP contribution < -0.4 is 5.32 Å². The Kier molecular flexibility index (Phi) is 5.38. The molecule has 2 amide bonds. The van der Waals surface area contributed by atoms with Crippen LogP contribution in [-0.2, 0) is 16.1 Å². The number of benzene rings is 3. The van der Waals surface area contributed by atoms with Gasteiger partial charge in [0.15, 0.2) is 11.6 Å². The van der Waals surface area contributed by atoms with E-state index in [9.17, 15) is 18.4 Å². The van der Waals surface area contributed by atoms with Gasteiger partial charge in [-0.1, -0.05) is 48.5 Å². The molecule has 31 heavy (non-hydrogen) atoms. The summed E-state index contributed by atoms with van der Waals surface area (Å²) in [6.45, 7) is 3.98. The predicted octanol–water partition coefficient (Wildman–Crippen LogP) is 4.97. The number of carbonyl (C=O) groups excluding carboxylic acids is 2. The van der Waals surface area contributed by atoms with E-state index in [-0.39, 0.29) is 23.5 Å². The second-order valence-electron chi connectivity index (χ2n) is 7.48. The van der Waals surface area contributed by atoms with Crippen LogP contribution in [0.3, 0.4) is 0 Å². The fourth-order valence-electron chi connectivity index (χ4n) is 3.48. The second-order valence-corrected chi connectivity index (χ2v) is 7.48. The zero-order valence-corrected chi connectivity index (χ0v) is 17.1. The maximum Gasteiger partial charge on any atom is 0.278 e. The normalized spacial score (nSPS) is 13.9. The molecule has 1 heterocycles. The number of nitrogens with one attached hydrogen (secondary N) is 1. The quantitative estimate of drug-likeness (QED) is 0.595. The zero-order valence-electron chi connectivity index (χ0n) is 17.1. The zero-order chi connectivity index (χ0) is 22.1. The minimum atomic E-state index is -1.05. The van der Waals surface area contributed by atoms with Crippen molar-refractivity contribution >= 4 is 23.1 Å². The smallest absolute Gasteiger partial charge is 0.278 e. The first-order valence-corrected chi connectivity index (χ1v) is 9.79. The van der Waals surface area contributed by atoms with Gasteiger partial charge in [-0.05, 0) is 48.2 Å². The highest BCUT2D eigenvalue weighted by Gasteiger charge is 2.39. The van der Waals surface area contributed by atoms with E-state index >= 15 is 0 Å². The Morgan fingerprint density at radius 3 is 2.23 bits per heavy atom. The lowest BCUT2D eigenvalue weighted by molar-refractivity contribution is -0.137. The highest BCUT2D eigenvalue weighted by Crippen LogP contribution is 2.32. The van der Waals surface area contributed by atoms with E-state index in [1.165, 1.54) is 6.07 Å². The molecule has 0 fully saturated rings. The average molecular weight is 418 g/mol. The Morgan fingerprint density at radius 2 is 1.55 bits per heavy atom. The monoisotopic (exact) mass is 418 g/mol. The maximum atomic E-state index is 13.7. The summed E-state index contributed by atoms with van der Waals surface area (Å²) in [6.07, 6.45) is 0. The van der Waals surface area contributed by atoms with Gasteiger partial charge in [-0.25, -0.2) is 8.78 Å². The highest BCUT2D eigenvalue weighted by atomic mass is 19.2. The molecule has 0 bridgehead atoms. The van der Waals surface area contributed by atoms with Crippen molar-refractivity contribution in [3.8, 4) is 0 Å². The van der Waals surface area contributed by atoms with Gasteiger partial charge in [-0.3, -0.25) is 14.5 Å². The molecular weight excluding hydrogens is 398 g/mol. The minimum Gasteiger partial charge on any atom is -0.350 e. The molecule has 1 aliphatic rings. The van der Waals surface area contributed by atoms with Gasteiger partial charge in [0.25, 0.3) is 11.8 Å². The van der Waals surface area contributed by atoms with Crippen molar-refractivity contribution in [2.75, 3.05) is 5.32 Å². The Hall–Kier alpha value is -3.80. The molecule has 156 valence electrons. The lowest BCUT2D eigenvalue weighted by Gasteiger charge is -2.15. The molecule has 3 aromatic rings. The number of amides is 2. The molecule has 0 unspecified atom stereocenters.